The zero-order valence-electron chi connectivity index (χ0n) is 4.02. The van der Waals surface area contributed by atoms with Gasteiger partial charge >= 0.3 is 0 Å². The predicted octanol–water partition coefficient (Wildman–Crippen LogP) is 2.03. The van der Waals surface area contributed by atoms with E-state index in [2.05, 4.69) is 0 Å². The van der Waals surface area contributed by atoms with Crippen molar-refractivity contribution < 1.29 is 9.59 Å². The molecule has 0 bridgehead atoms. The molecule has 0 aliphatic rings. The summed E-state index contributed by atoms with van der Waals surface area (Å²) in [6.45, 7) is 0. The Morgan fingerprint density at radius 2 is 1.50 bits per heavy atom. The summed E-state index contributed by atoms with van der Waals surface area (Å²) >= 11 is 3.09. The van der Waals surface area contributed by atoms with E-state index in [1.54, 1.807) is 45.2 Å². The molecule has 3 nitrogen and oxygen atoms in total. The smallest absolute Gasteiger partial charge is 0.268 e. The van der Waals surface area contributed by atoms with E-state index in [1.807, 2.05) is 0 Å². The fraction of sp³-hybridized carbons (Fsp3) is 0.333. The summed E-state index contributed by atoms with van der Waals surface area (Å²) in [5, 5.41) is 0. The second-order valence-electron chi connectivity index (χ2n) is 1.06. The second-order valence-corrected chi connectivity index (χ2v) is 2.91. The van der Waals surface area contributed by atoms with Crippen LogP contribution in [-0.4, -0.2) is 19.8 Å². The van der Waals surface area contributed by atoms with E-state index in [0.717, 1.165) is 4.90 Å². The molecule has 0 fully saturated rings. The van der Waals surface area contributed by atoms with Crippen LogP contribution in [0.25, 0.3) is 0 Å². The van der Waals surface area contributed by atoms with Gasteiger partial charge in [0.1, 0.15) is 0 Å². The van der Waals surface area contributed by atoms with Crippen LogP contribution in [0.5, 0.6) is 0 Å². The Balaban J connectivity index is 3.83. The molecule has 0 aliphatic carbocycles. The molecular formula is C3H3I2NO2. The Labute approximate surface area is 74.1 Å². The summed E-state index contributed by atoms with van der Waals surface area (Å²) < 4.78 is -0.524. The van der Waals surface area contributed by atoms with Crippen LogP contribution in [0.3, 0.4) is 0 Å². The molecule has 0 heterocycles. The zero-order chi connectivity index (χ0) is 6.73. The highest BCUT2D eigenvalue weighted by Crippen LogP contribution is 2.01. The molecule has 0 aromatic carbocycles. The molecule has 0 aromatic rings. The quantitative estimate of drug-likeness (QED) is 0.385. The maximum absolute atomic E-state index is 10.3. The SMILES string of the molecule is CN(C(=O)I)C(=O)I. The molecule has 2 amide bonds. The lowest BCUT2D eigenvalue weighted by atomic mass is 11.0. The van der Waals surface area contributed by atoms with Crippen molar-refractivity contribution in [3.8, 4) is 0 Å². The van der Waals surface area contributed by atoms with Crippen molar-refractivity contribution in [3.63, 3.8) is 0 Å². The van der Waals surface area contributed by atoms with Gasteiger partial charge in [-0.1, -0.05) is 0 Å². The number of hydrogen-bond acceptors (Lipinski definition) is 2. The van der Waals surface area contributed by atoms with E-state index >= 15 is 0 Å². The number of amides is 2. The van der Waals surface area contributed by atoms with E-state index < -0.39 is 0 Å². The minimum atomic E-state index is -0.262. The molecule has 0 atom stereocenters. The summed E-state index contributed by atoms with van der Waals surface area (Å²) in [7, 11) is 1.43. The predicted molar refractivity (Wildman–Crippen MR) is 46.6 cm³/mol. The van der Waals surface area contributed by atoms with E-state index in [9.17, 15) is 9.59 Å². The van der Waals surface area contributed by atoms with Gasteiger partial charge in [-0.3, -0.25) is 14.5 Å². The Kier molecular flexibility index (Phi) is 3.86. The average Bonchev–Trinajstić information content (AvgIpc) is 1.64. The van der Waals surface area contributed by atoms with Crippen molar-refractivity contribution in [2.45, 2.75) is 0 Å². The van der Waals surface area contributed by atoms with Gasteiger partial charge in [-0.2, -0.15) is 0 Å². The van der Waals surface area contributed by atoms with Crippen LogP contribution in [0.1, 0.15) is 0 Å². The lowest BCUT2D eigenvalue weighted by molar-refractivity contribution is 0.227. The van der Waals surface area contributed by atoms with Crippen LogP contribution in [0.2, 0.25) is 0 Å². The molecule has 0 aliphatic heterocycles. The standard InChI is InChI=1S/C3H3I2NO2/c1-6(2(4)7)3(5)8/h1H3. The Morgan fingerprint density at radius 3 is 1.50 bits per heavy atom. The van der Waals surface area contributed by atoms with Gasteiger partial charge in [-0.05, 0) is 0 Å². The number of nitrogens with zero attached hydrogens (tertiary/aromatic N) is 1. The third kappa shape index (κ3) is 2.80. The fourth-order valence-electron chi connectivity index (χ4n) is 0.0691. The van der Waals surface area contributed by atoms with E-state index in [0.29, 0.717) is 0 Å². The molecule has 5 heteroatoms. The normalized spacial score (nSPS) is 8.38. The molecule has 8 heavy (non-hydrogen) atoms. The monoisotopic (exact) mass is 339 g/mol. The minimum absolute atomic E-state index is 0.262. The molecule has 0 radical (unpaired) electrons. The molecular weight excluding hydrogens is 336 g/mol. The number of imide groups is 1. The summed E-state index contributed by atoms with van der Waals surface area (Å²) in [6, 6.07) is 0. The molecule has 46 valence electrons. The van der Waals surface area contributed by atoms with Gasteiger partial charge in [-0.25, -0.2) is 0 Å². The molecule has 0 N–H and O–H groups in total. The number of carbonyl (C=O) groups is 2. The van der Waals surface area contributed by atoms with Gasteiger partial charge in [-0.15, -0.1) is 0 Å². The van der Waals surface area contributed by atoms with Gasteiger partial charge in [0.2, 0.25) is 0 Å². The van der Waals surface area contributed by atoms with Crippen molar-refractivity contribution >= 4 is 53.0 Å². The van der Waals surface area contributed by atoms with Crippen molar-refractivity contribution in [1.29, 1.82) is 0 Å². The van der Waals surface area contributed by atoms with Crippen molar-refractivity contribution in [2.24, 2.45) is 0 Å². The first-order valence-electron chi connectivity index (χ1n) is 1.68. The zero-order valence-corrected chi connectivity index (χ0v) is 8.33. The van der Waals surface area contributed by atoms with Crippen LogP contribution >= 0.6 is 45.2 Å². The van der Waals surface area contributed by atoms with E-state index in [-0.39, 0.29) is 7.83 Å². The first-order valence-corrected chi connectivity index (χ1v) is 3.84. The molecule has 0 spiro atoms. The van der Waals surface area contributed by atoms with Crippen molar-refractivity contribution in [3.05, 3.63) is 0 Å². The van der Waals surface area contributed by atoms with Crippen LogP contribution < -0.4 is 0 Å². The van der Waals surface area contributed by atoms with Gasteiger partial charge in [0, 0.05) is 52.2 Å². The van der Waals surface area contributed by atoms with E-state index in [1.165, 1.54) is 7.05 Å². The van der Waals surface area contributed by atoms with Gasteiger partial charge in [0.15, 0.2) is 0 Å². The first kappa shape index (κ1) is 8.60. The Hall–Kier alpha value is 0.600. The highest BCUT2D eigenvalue weighted by Gasteiger charge is 2.08. The second kappa shape index (κ2) is 3.59. The van der Waals surface area contributed by atoms with Crippen LogP contribution in [0.4, 0.5) is 9.59 Å². The summed E-state index contributed by atoms with van der Waals surface area (Å²) in [4.78, 5) is 21.6. The van der Waals surface area contributed by atoms with Gasteiger partial charge < -0.3 is 0 Å². The molecule has 0 saturated heterocycles. The highest BCUT2D eigenvalue weighted by molar-refractivity contribution is 14.1. The van der Waals surface area contributed by atoms with E-state index in [4.69, 9.17) is 0 Å². The number of rotatable bonds is 0. The van der Waals surface area contributed by atoms with Crippen molar-refractivity contribution in [2.75, 3.05) is 7.05 Å². The van der Waals surface area contributed by atoms with Crippen LogP contribution in [0.15, 0.2) is 0 Å². The maximum Gasteiger partial charge on any atom is 0.290 e. The summed E-state index contributed by atoms with van der Waals surface area (Å²) in [5.74, 6) is 0. The Bertz CT molecular complexity index is 110. The Morgan fingerprint density at radius 1 is 1.25 bits per heavy atom. The third-order valence-electron chi connectivity index (χ3n) is 0.527. The van der Waals surface area contributed by atoms with Crippen molar-refractivity contribution in [1.82, 2.24) is 4.90 Å². The number of carbonyl (C=O) groups excluding carboxylic acids is 2. The van der Waals surface area contributed by atoms with Gasteiger partial charge in [0.05, 0.1) is 0 Å². The molecule has 0 unspecified atom stereocenters. The average molecular weight is 339 g/mol. The topological polar surface area (TPSA) is 37.4 Å². The lowest BCUT2D eigenvalue weighted by Gasteiger charge is -2.04. The maximum atomic E-state index is 10.3. The first-order chi connectivity index (χ1) is 3.55. The largest absolute Gasteiger partial charge is 0.290 e. The molecule has 0 saturated carbocycles. The summed E-state index contributed by atoms with van der Waals surface area (Å²) in [6.07, 6.45) is 0. The van der Waals surface area contributed by atoms with Gasteiger partial charge in [0.25, 0.3) is 7.83 Å². The van der Waals surface area contributed by atoms with Crippen LogP contribution in [-0.2, 0) is 0 Å². The molecule has 0 aromatic heterocycles. The molecule has 0 rings (SSSR count). The third-order valence-corrected chi connectivity index (χ3v) is 1.97. The minimum Gasteiger partial charge on any atom is -0.268 e. The van der Waals surface area contributed by atoms with Crippen LogP contribution in [0, 0.1) is 0 Å². The highest BCUT2D eigenvalue weighted by atomic mass is 127. The number of hydrogen-bond donors (Lipinski definition) is 0. The lowest BCUT2D eigenvalue weighted by Crippen LogP contribution is -2.21. The number of halogens is 2. The fourth-order valence-corrected chi connectivity index (χ4v) is 0.969. The summed E-state index contributed by atoms with van der Waals surface area (Å²) in [5.41, 5.74) is 0.